The van der Waals surface area contributed by atoms with Gasteiger partial charge in [0, 0.05) is 0 Å². The fourth-order valence-electron chi connectivity index (χ4n) is 4.20. The predicted octanol–water partition coefficient (Wildman–Crippen LogP) is 2.44. The summed E-state index contributed by atoms with van der Waals surface area (Å²) in [5, 5.41) is 13.2. The Morgan fingerprint density at radius 3 is 2.34 bits per heavy atom. The van der Waals surface area contributed by atoms with Crippen molar-refractivity contribution >= 4 is 33.0 Å². The van der Waals surface area contributed by atoms with Gasteiger partial charge in [-0.15, -0.1) is 0 Å². The number of benzene rings is 2. The van der Waals surface area contributed by atoms with E-state index in [-0.39, 0.29) is 29.9 Å². The van der Waals surface area contributed by atoms with Gasteiger partial charge in [-0.25, -0.2) is 0 Å². The van der Waals surface area contributed by atoms with Crippen LogP contribution in [0, 0.1) is 12.8 Å². The number of rotatable bonds is 7. The molecular formula is C25H34AsNO4S. The molecule has 2 aromatic rings. The molecule has 174 valence electrons. The van der Waals surface area contributed by atoms with E-state index in [4.69, 9.17) is 0 Å². The van der Waals surface area contributed by atoms with Gasteiger partial charge in [-0.2, -0.15) is 0 Å². The summed E-state index contributed by atoms with van der Waals surface area (Å²) in [7, 11) is -2.98. The Bertz CT molecular complexity index is 1110. The fraction of sp³-hybridized carbons (Fsp3) is 0.480. The molecule has 1 fully saturated rings. The van der Waals surface area contributed by atoms with E-state index in [0.29, 0.717) is 6.42 Å². The Hall–Kier alpha value is -1.62. The van der Waals surface area contributed by atoms with Gasteiger partial charge in [0.2, 0.25) is 0 Å². The number of nitrogens with one attached hydrogen (secondary N) is 1. The summed E-state index contributed by atoms with van der Waals surface area (Å²) in [4.78, 5) is 13.0. The molecule has 0 saturated heterocycles. The molecule has 0 aromatic heterocycles. The number of aryl methyl sites for hydroxylation is 1. The van der Waals surface area contributed by atoms with Crippen molar-refractivity contribution in [3.05, 3.63) is 64.7 Å². The third-order valence-corrected chi connectivity index (χ3v) is 11.9. The molecule has 2 aromatic carbocycles. The van der Waals surface area contributed by atoms with Gasteiger partial charge in [0.25, 0.3) is 0 Å². The van der Waals surface area contributed by atoms with Gasteiger partial charge in [0.15, 0.2) is 0 Å². The van der Waals surface area contributed by atoms with Gasteiger partial charge >= 0.3 is 166 Å². The number of amides is 1. The van der Waals surface area contributed by atoms with Crippen molar-refractivity contribution in [2.24, 2.45) is 5.92 Å². The van der Waals surface area contributed by atoms with Crippen molar-refractivity contribution in [1.29, 1.82) is 0 Å². The van der Waals surface area contributed by atoms with Crippen molar-refractivity contribution in [3.63, 3.8) is 0 Å². The molecule has 0 heterocycles. The summed E-state index contributed by atoms with van der Waals surface area (Å²) in [6.45, 7) is 10.3. The van der Waals surface area contributed by atoms with Crippen LogP contribution < -0.4 is 9.67 Å². The van der Waals surface area contributed by atoms with Crippen molar-refractivity contribution in [1.82, 2.24) is 5.32 Å². The second-order valence-corrected chi connectivity index (χ2v) is 18.9. The van der Waals surface area contributed by atoms with E-state index < -0.39 is 28.1 Å². The maximum absolute atomic E-state index is 13.0. The zero-order valence-electron chi connectivity index (χ0n) is 19.7. The predicted molar refractivity (Wildman–Crippen MR) is 131 cm³/mol. The van der Waals surface area contributed by atoms with Gasteiger partial charge in [-0.05, 0) is 11.0 Å². The fourth-order valence-corrected chi connectivity index (χ4v) is 9.11. The zero-order chi connectivity index (χ0) is 23.9. The minimum atomic E-state index is -2.98. The van der Waals surface area contributed by atoms with E-state index in [1.165, 1.54) is 11.8 Å². The molecule has 3 unspecified atom stereocenters. The molecule has 7 heteroatoms. The molecule has 0 spiro atoms. The van der Waals surface area contributed by atoms with Crippen LogP contribution in [-0.4, -0.2) is 46.9 Å². The standard InChI is InChI=1S/C25H34AsNO4S/c1-16-13-18(7-12-22(16)26-32(6,30)31)17(2)27-23(29)21-14-25(21,15-28)20-10-8-19(9-11-20)24(3,4)5/h7-13,17,21,26,28H,14-15H2,1-6H3,(H,27,29)/t17-,21?,25?/m1/s1. The summed E-state index contributed by atoms with van der Waals surface area (Å²) in [5.41, 5.74) is 3.67. The first-order chi connectivity index (χ1) is 14.8. The van der Waals surface area contributed by atoms with E-state index in [9.17, 15) is 18.3 Å². The van der Waals surface area contributed by atoms with Gasteiger partial charge in [-0.3, -0.25) is 0 Å². The maximum atomic E-state index is 13.0. The van der Waals surface area contributed by atoms with E-state index >= 15 is 0 Å². The van der Waals surface area contributed by atoms with Gasteiger partial charge in [0.1, 0.15) is 0 Å². The van der Waals surface area contributed by atoms with Crippen LogP contribution in [-0.2, 0) is 23.7 Å². The van der Waals surface area contributed by atoms with Crippen LogP contribution >= 0.6 is 0 Å². The second kappa shape index (κ2) is 8.96. The average molecular weight is 520 g/mol. The summed E-state index contributed by atoms with van der Waals surface area (Å²) in [5.74, 6) is -0.314. The van der Waals surface area contributed by atoms with E-state index in [0.717, 1.165) is 21.0 Å². The molecular weight excluding hydrogens is 485 g/mol. The van der Waals surface area contributed by atoms with Crippen LogP contribution in [0.25, 0.3) is 0 Å². The summed E-state index contributed by atoms with van der Waals surface area (Å²) in [6, 6.07) is 13.8. The Morgan fingerprint density at radius 2 is 1.84 bits per heavy atom. The number of aliphatic hydroxyl groups excluding tert-OH is 1. The van der Waals surface area contributed by atoms with Crippen molar-refractivity contribution in [2.45, 2.75) is 57.9 Å². The first-order valence-electron chi connectivity index (χ1n) is 10.9. The number of aliphatic hydroxyl groups is 1. The van der Waals surface area contributed by atoms with Crippen LogP contribution in [0.15, 0.2) is 42.5 Å². The molecule has 1 amide bonds. The van der Waals surface area contributed by atoms with Crippen LogP contribution in [0.3, 0.4) is 0 Å². The van der Waals surface area contributed by atoms with Crippen molar-refractivity contribution in [2.75, 3.05) is 12.9 Å². The van der Waals surface area contributed by atoms with E-state index in [1.54, 1.807) is 0 Å². The summed E-state index contributed by atoms with van der Waals surface area (Å²) in [6.07, 6.45) is 1.91. The average Bonchev–Trinajstić information content (AvgIpc) is 3.44. The summed E-state index contributed by atoms with van der Waals surface area (Å²) < 4.78 is 24.2. The van der Waals surface area contributed by atoms with Gasteiger partial charge in [0.05, 0.1) is 0 Å². The third-order valence-electron chi connectivity index (χ3n) is 6.40. The number of carbonyl (C=O) groups excluding carboxylic acids is 1. The van der Waals surface area contributed by atoms with Crippen LogP contribution in [0.2, 0.25) is 0 Å². The van der Waals surface area contributed by atoms with Crippen LogP contribution in [0.5, 0.6) is 0 Å². The molecule has 5 nitrogen and oxygen atoms in total. The quantitative estimate of drug-likeness (QED) is 0.551. The third kappa shape index (κ3) is 5.47. The monoisotopic (exact) mass is 519 g/mol. The molecule has 1 saturated carbocycles. The molecule has 0 aliphatic heterocycles. The molecule has 2 N–H and O–H groups in total. The van der Waals surface area contributed by atoms with Crippen molar-refractivity contribution in [3.8, 4) is 0 Å². The van der Waals surface area contributed by atoms with Crippen molar-refractivity contribution < 1.29 is 18.3 Å². The van der Waals surface area contributed by atoms with Gasteiger partial charge < -0.3 is 0 Å². The second-order valence-electron chi connectivity index (χ2n) is 10.1. The SMILES string of the molecule is Cc1cc([C@@H](C)NC(=O)C2CC2(CO)c2ccc(C(C)(C)C)cc2)ccc1[AsH]S(C)(=O)=O. The van der Waals surface area contributed by atoms with Crippen LogP contribution in [0.4, 0.5) is 0 Å². The van der Waals surface area contributed by atoms with E-state index in [1.807, 2.05) is 44.2 Å². The molecule has 0 bridgehead atoms. The summed E-state index contributed by atoms with van der Waals surface area (Å²) >= 11 is -1.23. The zero-order valence-corrected chi connectivity index (χ0v) is 22.6. The minimum absolute atomic E-state index is 0.0535. The number of carbonyl (C=O) groups is 1. The Morgan fingerprint density at radius 1 is 1.22 bits per heavy atom. The van der Waals surface area contributed by atoms with E-state index in [2.05, 4.69) is 38.2 Å². The first-order valence-corrected chi connectivity index (χ1v) is 16.4. The Balaban J connectivity index is 1.70. The number of hydrogen-bond acceptors (Lipinski definition) is 4. The molecule has 3 rings (SSSR count). The topological polar surface area (TPSA) is 83.5 Å². The molecule has 4 atom stereocenters. The Labute approximate surface area is 197 Å². The molecule has 1 aliphatic carbocycles. The number of hydrogen-bond donors (Lipinski definition) is 2. The molecule has 0 radical (unpaired) electrons. The normalized spacial score (nSPS) is 22.2. The van der Waals surface area contributed by atoms with Crippen LogP contribution in [0.1, 0.15) is 62.4 Å². The first kappa shape index (κ1) is 25.0. The molecule has 32 heavy (non-hydrogen) atoms. The van der Waals surface area contributed by atoms with Gasteiger partial charge in [-0.1, -0.05) is 20.8 Å². The Kier molecular flexibility index (Phi) is 7.00. The molecule has 1 aliphatic rings.